The van der Waals surface area contributed by atoms with E-state index in [0.717, 1.165) is 0 Å². The smallest absolute Gasteiger partial charge is 0.395 e. The van der Waals surface area contributed by atoms with Gasteiger partial charge >= 0.3 is 10.4 Å². The lowest BCUT2D eigenvalue weighted by atomic mass is 10.6. The first-order valence-corrected chi connectivity index (χ1v) is 5.38. The highest BCUT2D eigenvalue weighted by Crippen LogP contribution is 1.81. The summed E-state index contributed by atoms with van der Waals surface area (Å²) in [6.07, 6.45) is 0. The first-order chi connectivity index (χ1) is 6.47. The van der Waals surface area contributed by atoms with Crippen molar-refractivity contribution in [1.29, 1.82) is 0 Å². The molecule has 0 amide bonds. The van der Waals surface area contributed by atoms with Gasteiger partial charge in [0.25, 0.3) is 0 Å². The molecule has 0 spiro atoms. The lowest BCUT2D eigenvalue weighted by Crippen LogP contribution is -2.21. The van der Waals surface area contributed by atoms with Crippen molar-refractivity contribution in [2.24, 2.45) is 0 Å². The molecule has 0 bridgehead atoms. The van der Waals surface area contributed by atoms with Crippen LogP contribution in [0.5, 0.6) is 0 Å². The van der Waals surface area contributed by atoms with Crippen molar-refractivity contribution >= 4 is 10.4 Å². The summed E-state index contributed by atoms with van der Waals surface area (Å²) in [6.45, 7) is 2.85. The average molecular weight is 231 g/mol. The van der Waals surface area contributed by atoms with Crippen LogP contribution in [0.4, 0.5) is 0 Å². The summed E-state index contributed by atoms with van der Waals surface area (Å²) in [5.74, 6) is 0. The molecule has 7 nitrogen and oxygen atoms in total. The normalized spacial score (nSPS) is 10.6. The van der Waals surface area contributed by atoms with Crippen molar-refractivity contribution in [2.75, 3.05) is 32.9 Å². The van der Waals surface area contributed by atoms with Crippen molar-refractivity contribution in [3.63, 3.8) is 0 Å². The summed E-state index contributed by atoms with van der Waals surface area (Å²) < 4.78 is 30.7. The van der Waals surface area contributed by atoms with Gasteiger partial charge in [-0.1, -0.05) is 0 Å². The van der Waals surface area contributed by atoms with E-state index >= 15 is 0 Å². The van der Waals surface area contributed by atoms with Crippen molar-refractivity contribution in [3.8, 4) is 0 Å². The lowest BCUT2D eigenvalue weighted by molar-refractivity contribution is 0.266. The van der Waals surface area contributed by atoms with Crippen molar-refractivity contribution in [2.45, 2.75) is 6.92 Å². The molecule has 8 heteroatoms. The Morgan fingerprint density at radius 1 is 1.21 bits per heavy atom. The first kappa shape index (κ1) is 16.2. The van der Waals surface area contributed by atoms with Crippen LogP contribution in [-0.4, -0.2) is 56.1 Å². The third-order valence-corrected chi connectivity index (χ3v) is 1.38. The minimum atomic E-state index is -4.17. The van der Waals surface area contributed by atoms with Gasteiger partial charge in [-0.15, -0.1) is 0 Å². The van der Waals surface area contributed by atoms with Gasteiger partial charge in [-0.25, -0.2) is 4.18 Å². The Morgan fingerprint density at radius 2 is 1.64 bits per heavy atom. The van der Waals surface area contributed by atoms with Crippen LogP contribution in [0.3, 0.4) is 0 Å². The Bertz CT molecular complexity index is 188. The Morgan fingerprint density at radius 3 is 1.79 bits per heavy atom. The van der Waals surface area contributed by atoms with Crippen molar-refractivity contribution < 1.29 is 27.4 Å². The molecule has 14 heavy (non-hydrogen) atoms. The molecule has 0 aliphatic carbocycles. The molecule has 0 aliphatic rings. The molecule has 0 aromatic carbocycles. The highest BCUT2D eigenvalue weighted by Gasteiger charge is 1.98. The van der Waals surface area contributed by atoms with Gasteiger partial charge in [0.1, 0.15) is 0 Å². The maximum absolute atomic E-state index is 9.56. The van der Waals surface area contributed by atoms with Gasteiger partial charge in [0.05, 0.1) is 19.8 Å². The molecule has 88 valence electrons. The van der Waals surface area contributed by atoms with Crippen LogP contribution >= 0.6 is 0 Å². The number of hydrogen-bond donors (Lipinski definition) is 4. The molecule has 0 aromatic rings. The second-order valence-electron chi connectivity index (χ2n) is 2.03. The molecule has 0 saturated carbocycles. The summed E-state index contributed by atoms with van der Waals surface area (Å²) in [7, 11) is -4.17. The molecule has 0 heterocycles. The minimum absolute atomic E-state index is 0.0289. The predicted molar refractivity (Wildman–Crippen MR) is 50.2 cm³/mol. The summed E-state index contributed by atoms with van der Waals surface area (Å²) in [5, 5.41) is 19.1. The first-order valence-electron chi connectivity index (χ1n) is 4.02. The zero-order valence-electron chi connectivity index (χ0n) is 8.01. The van der Waals surface area contributed by atoms with Crippen LogP contribution in [0.25, 0.3) is 0 Å². The number of aliphatic hydroxyl groups excluding tert-OH is 2. The lowest BCUT2D eigenvalue weighted by Gasteiger charge is -1.94. The van der Waals surface area contributed by atoms with Gasteiger partial charge < -0.3 is 15.5 Å². The molecule has 0 rings (SSSR count). The van der Waals surface area contributed by atoms with Crippen LogP contribution in [0.15, 0.2) is 0 Å². The van der Waals surface area contributed by atoms with Crippen LogP contribution < -0.4 is 5.32 Å². The van der Waals surface area contributed by atoms with Gasteiger partial charge in [-0.05, 0) is 6.92 Å². The van der Waals surface area contributed by atoms with Crippen LogP contribution in [-0.2, 0) is 14.6 Å². The number of rotatable bonds is 6. The fraction of sp³-hybridized carbons (Fsp3) is 1.00. The van der Waals surface area contributed by atoms with Crippen LogP contribution in [0.2, 0.25) is 0 Å². The second kappa shape index (κ2) is 10.8. The number of hydrogen-bond acceptors (Lipinski definition) is 6. The molecule has 4 N–H and O–H groups in total. The highest BCUT2D eigenvalue weighted by atomic mass is 32.3. The maximum atomic E-state index is 9.56. The third kappa shape index (κ3) is 22.6. The summed E-state index contributed by atoms with van der Waals surface area (Å²) in [5.41, 5.74) is 0. The molecule has 0 aromatic heterocycles. The standard InChI is InChI=1S/C4H11NO2.C2H6O4S/c6-3-1-5-2-4-7;1-2-6-7(3,4)5/h5-7H,1-4H2;2H2,1H3,(H,3,4,5). The average Bonchev–Trinajstić information content (AvgIpc) is 2.04. The van der Waals surface area contributed by atoms with Gasteiger partial charge in [0.15, 0.2) is 0 Å². The highest BCUT2D eigenvalue weighted by molar-refractivity contribution is 7.80. The predicted octanol–water partition coefficient (Wildman–Crippen LogP) is -1.61. The molecule has 0 saturated heterocycles. The van der Waals surface area contributed by atoms with Gasteiger partial charge in [0, 0.05) is 13.1 Å². The molecular formula is C6H17NO6S. The largest absolute Gasteiger partial charge is 0.397 e. The maximum Gasteiger partial charge on any atom is 0.397 e. The van der Waals surface area contributed by atoms with E-state index in [1.165, 1.54) is 6.92 Å². The topological polar surface area (TPSA) is 116 Å². The van der Waals surface area contributed by atoms with E-state index < -0.39 is 10.4 Å². The summed E-state index contributed by atoms with van der Waals surface area (Å²) >= 11 is 0. The van der Waals surface area contributed by atoms with Gasteiger partial charge in [0.2, 0.25) is 0 Å². The van der Waals surface area contributed by atoms with Crippen LogP contribution in [0.1, 0.15) is 6.92 Å². The molecule has 0 unspecified atom stereocenters. The quantitative estimate of drug-likeness (QED) is 0.321. The summed E-state index contributed by atoms with van der Waals surface area (Å²) in [6, 6.07) is 0. The fourth-order valence-electron chi connectivity index (χ4n) is 0.432. The Balaban J connectivity index is 0. The van der Waals surface area contributed by atoms with Crippen LogP contribution in [0, 0.1) is 0 Å². The number of aliphatic hydroxyl groups is 2. The van der Waals surface area contributed by atoms with E-state index in [-0.39, 0.29) is 19.8 Å². The van der Waals surface area contributed by atoms with E-state index in [1.54, 1.807) is 0 Å². The monoisotopic (exact) mass is 231 g/mol. The van der Waals surface area contributed by atoms with E-state index in [2.05, 4.69) is 9.50 Å². The Hall–Kier alpha value is -0.250. The zero-order chi connectivity index (χ0) is 11.4. The Kier molecular flexibility index (Phi) is 12.5. The third-order valence-electron chi connectivity index (χ3n) is 0.844. The minimum Gasteiger partial charge on any atom is -0.395 e. The Labute approximate surface area is 83.7 Å². The molecule has 0 aliphatic heterocycles. The summed E-state index contributed by atoms with van der Waals surface area (Å²) in [4.78, 5) is 0. The SMILES string of the molecule is CCOS(=O)(=O)O.OCCNCCO. The molecular weight excluding hydrogens is 214 g/mol. The zero-order valence-corrected chi connectivity index (χ0v) is 8.83. The number of nitrogens with one attached hydrogen (secondary N) is 1. The van der Waals surface area contributed by atoms with Crippen molar-refractivity contribution in [3.05, 3.63) is 0 Å². The van der Waals surface area contributed by atoms with Gasteiger partial charge in [-0.3, -0.25) is 4.55 Å². The van der Waals surface area contributed by atoms with Crippen molar-refractivity contribution in [1.82, 2.24) is 5.32 Å². The van der Waals surface area contributed by atoms with E-state index in [9.17, 15) is 8.42 Å². The molecule has 0 radical (unpaired) electrons. The van der Waals surface area contributed by atoms with E-state index in [4.69, 9.17) is 14.8 Å². The fourth-order valence-corrected chi connectivity index (χ4v) is 0.730. The van der Waals surface area contributed by atoms with Gasteiger partial charge in [-0.2, -0.15) is 8.42 Å². The second-order valence-corrected chi connectivity index (χ2v) is 3.12. The van der Waals surface area contributed by atoms with E-state index in [0.29, 0.717) is 13.1 Å². The molecule has 0 fully saturated rings. The molecule has 0 atom stereocenters. The van der Waals surface area contributed by atoms with E-state index in [1.807, 2.05) is 0 Å².